The molecule has 0 bridgehead atoms. The quantitative estimate of drug-likeness (QED) is 0.465. The van der Waals surface area contributed by atoms with Crippen LogP contribution in [-0.2, 0) is 13.0 Å². The Balaban J connectivity index is 1.42. The molecule has 0 radical (unpaired) electrons. The molecule has 5 nitrogen and oxygen atoms in total. The van der Waals surface area contributed by atoms with E-state index in [1.807, 2.05) is 41.8 Å². The predicted molar refractivity (Wildman–Crippen MR) is 115 cm³/mol. The highest BCUT2D eigenvalue weighted by molar-refractivity contribution is 7.17. The van der Waals surface area contributed by atoms with Crippen LogP contribution < -0.4 is 10.6 Å². The van der Waals surface area contributed by atoms with Gasteiger partial charge in [0.1, 0.15) is 5.82 Å². The zero-order valence-electron chi connectivity index (χ0n) is 16.2. The number of carbonyl (C=O) groups excluding carboxylic acids is 1. The smallest absolute Gasteiger partial charge is 0.319 e. The minimum atomic E-state index is -0.265. The van der Waals surface area contributed by atoms with Crippen LogP contribution in [-0.4, -0.2) is 15.4 Å². The monoisotopic (exact) mass is 408 g/mol. The van der Waals surface area contributed by atoms with Crippen molar-refractivity contribution in [1.29, 1.82) is 0 Å². The Morgan fingerprint density at radius 1 is 1.14 bits per heavy atom. The highest BCUT2D eigenvalue weighted by Gasteiger charge is 2.13. The number of hydrogen-bond donors (Lipinski definition) is 2. The molecule has 2 aromatic carbocycles. The van der Waals surface area contributed by atoms with Crippen molar-refractivity contribution in [3.63, 3.8) is 0 Å². The number of thiazole rings is 1. The van der Waals surface area contributed by atoms with Crippen molar-refractivity contribution < 1.29 is 9.18 Å². The van der Waals surface area contributed by atoms with Crippen LogP contribution in [0.1, 0.15) is 23.1 Å². The SMILES string of the molecule is CCc1ccc(NC(=O)NCc2sc3nc(-c4ccc(F)cc4)cn3c2C)cc1. The van der Waals surface area contributed by atoms with E-state index < -0.39 is 0 Å². The van der Waals surface area contributed by atoms with Crippen LogP contribution in [0.5, 0.6) is 0 Å². The molecule has 0 saturated heterocycles. The van der Waals surface area contributed by atoms with Gasteiger partial charge in [-0.2, -0.15) is 0 Å². The summed E-state index contributed by atoms with van der Waals surface area (Å²) < 4.78 is 15.1. The van der Waals surface area contributed by atoms with Crippen LogP contribution in [0, 0.1) is 12.7 Å². The lowest BCUT2D eigenvalue weighted by Gasteiger charge is -2.08. The van der Waals surface area contributed by atoms with E-state index in [0.717, 1.165) is 38.9 Å². The second kappa shape index (κ2) is 8.05. The number of aromatic nitrogens is 2. The van der Waals surface area contributed by atoms with E-state index in [0.29, 0.717) is 6.54 Å². The molecule has 7 heteroatoms. The van der Waals surface area contributed by atoms with E-state index in [-0.39, 0.29) is 11.8 Å². The van der Waals surface area contributed by atoms with Crippen LogP contribution in [0.4, 0.5) is 14.9 Å². The van der Waals surface area contributed by atoms with Crippen LogP contribution in [0.25, 0.3) is 16.2 Å². The van der Waals surface area contributed by atoms with Gasteiger partial charge in [-0.3, -0.25) is 4.40 Å². The number of urea groups is 1. The number of nitrogens with one attached hydrogen (secondary N) is 2. The van der Waals surface area contributed by atoms with Crippen molar-refractivity contribution >= 4 is 28.0 Å². The molecule has 0 spiro atoms. The van der Waals surface area contributed by atoms with Crippen molar-refractivity contribution in [3.05, 3.63) is 76.7 Å². The van der Waals surface area contributed by atoms with Gasteiger partial charge in [0.25, 0.3) is 0 Å². The van der Waals surface area contributed by atoms with Gasteiger partial charge in [0.2, 0.25) is 0 Å². The summed E-state index contributed by atoms with van der Waals surface area (Å²) >= 11 is 1.53. The van der Waals surface area contributed by atoms with Crippen molar-refractivity contribution in [2.75, 3.05) is 5.32 Å². The van der Waals surface area contributed by atoms with E-state index in [9.17, 15) is 9.18 Å². The Morgan fingerprint density at radius 2 is 1.86 bits per heavy atom. The van der Waals surface area contributed by atoms with Gasteiger partial charge >= 0.3 is 6.03 Å². The number of hydrogen-bond acceptors (Lipinski definition) is 3. The molecule has 0 fully saturated rings. The normalized spacial score (nSPS) is 11.0. The van der Waals surface area contributed by atoms with Gasteiger partial charge in [-0.25, -0.2) is 14.2 Å². The number of aryl methyl sites for hydroxylation is 2. The first-order valence-corrected chi connectivity index (χ1v) is 10.2. The van der Waals surface area contributed by atoms with Crippen molar-refractivity contribution in [1.82, 2.24) is 14.7 Å². The lowest BCUT2D eigenvalue weighted by atomic mass is 10.1. The zero-order valence-corrected chi connectivity index (χ0v) is 17.0. The molecule has 0 unspecified atom stereocenters. The highest BCUT2D eigenvalue weighted by Crippen LogP contribution is 2.27. The molecule has 2 heterocycles. The van der Waals surface area contributed by atoms with Crippen LogP contribution in [0.3, 0.4) is 0 Å². The number of halogens is 1. The van der Waals surface area contributed by atoms with Crippen molar-refractivity contribution in [3.8, 4) is 11.3 Å². The molecule has 4 aromatic rings. The Bertz CT molecular complexity index is 1150. The van der Waals surface area contributed by atoms with Crippen LogP contribution >= 0.6 is 11.3 Å². The third-order valence-electron chi connectivity index (χ3n) is 4.82. The summed E-state index contributed by atoms with van der Waals surface area (Å²) in [4.78, 5) is 18.7. The maximum Gasteiger partial charge on any atom is 0.319 e. The summed E-state index contributed by atoms with van der Waals surface area (Å²) in [5.74, 6) is -0.265. The number of fused-ring (bicyclic) bond motifs is 1. The minimum absolute atomic E-state index is 0.244. The average molecular weight is 409 g/mol. The van der Waals surface area contributed by atoms with Crippen molar-refractivity contribution in [2.24, 2.45) is 0 Å². The Morgan fingerprint density at radius 3 is 2.52 bits per heavy atom. The van der Waals surface area contributed by atoms with E-state index in [4.69, 9.17) is 0 Å². The molecular weight excluding hydrogens is 387 g/mol. The molecule has 0 aliphatic carbocycles. The zero-order chi connectivity index (χ0) is 20.4. The fourth-order valence-electron chi connectivity index (χ4n) is 3.08. The van der Waals surface area contributed by atoms with E-state index in [1.54, 1.807) is 12.1 Å². The van der Waals surface area contributed by atoms with Crippen molar-refractivity contribution in [2.45, 2.75) is 26.8 Å². The van der Waals surface area contributed by atoms with E-state index in [1.165, 1.54) is 29.0 Å². The Labute approximate surface area is 172 Å². The second-order valence-electron chi connectivity index (χ2n) is 6.75. The van der Waals surface area contributed by atoms with Crippen LogP contribution in [0.2, 0.25) is 0 Å². The summed E-state index contributed by atoms with van der Waals surface area (Å²) in [6, 6.07) is 13.9. The molecule has 0 saturated carbocycles. The van der Waals surface area contributed by atoms with E-state index >= 15 is 0 Å². The number of rotatable bonds is 5. The van der Waals surface area contributed by atoms with Gasteiger partial charge < -0.3 is 10.6 Å². The predicted octanol–water partition coefficient (Wildman–Crippen LogP) is 5.39. The van der Waals surface area contributed by atoms with Gasteiger partial charge in [-0.1, -0.05) is 30.4 Å². The first-order chi connectivity index (χ1) is 14.0. The molecule has 0 atom stereocenters. The van der Waals surface area contributed by atoms with Gasteiger partial charge in [-0.05, 0) is 55.3 Å². The first-order valence-electron chi connectivity index (χ1n) is 9.40. The number of carbonyl (C=O) groups is 1. The van der Waals surface area contributed by atoms with Gasteiger partial charge in [-0.15, -0.1) is 0 Å². The standard InChI is InChI=1S/C22H21FN4OS/c1-3-15-4-10-18(11-5-15)25-21(28)24-12-20-14(2)27-13-19(26-22(27)29-20)16-6-8-17(23)9-7-16/h4-11,13H,3,12H2,1-2H3,(H2,24,25,28). The maximum absolute atomic E-state index is 13.1. The largest absolute Gasteiger partial charge is 0.333 e. The summed E-state index contributed by atoms with van der Waals surface area (Å²) in [7, 11) is 0. The number of imidazole rings is 1. The molecule has 4 rings (SSSR count). The number of anilines is 1. The number of benzene rings is 2. The summed E-state index contributed by atoms with van der Waals surface area (Å²) in [6.07, 6.45) is 2.90. The van der Waals surface area contributed by atoms with E-state index in [2.05, 4.69) is 22.5 Å². The molecule has 29 heavy (non-hydrogen) atoms. The first kappa shape index (κ1) is 19.1. The Hall–Kier alpha value is -3.19. The summed E-state index contributed by atoms with van der Waals surface area (Å²) in [6.45, 7) is 4.51. The molecule has 2 amide bonds. The molecule has 2 aromatic heterocycles. The van der Waals surface area contributed by atoms with Gasteiger partial charge in [0.05, 0.1) is 12.2 Å². The number of nitrogens with zero attached hydrogens (tertiary/aromatic N) is 2. The third-order valence-corrected chi connectivity index (χ3v) is 5.98. The minimum Gasteiger partial charge on any atom is -0.333 e. The van der Waals surface area contributed by atoms with Gasteiger partial charge in [0.15, 0.2) is 4.96 Å². The second-order valence-corrected chi connectivity index (χ2v) is 7.82. The molecular formula is C22H21FN4OS. The average Bonchev–Trinajstić information content (AvgIpc) is 3.27. The summed E-state index contributed by atoms with van der Waals surface area (Å²) in [5.41, 5.74) is 4.69. The Kier molecular flexibility index (Phi) is 5.31. The molecule has 0 aliphatic rings. The molecule has 0 aliphatic heterocycles. The summed E-state index contributed by atoms with van der Waals surface area (Å²) in [5, 5.41) is 5.74. The molecule has 2 N–H and O–H groups in total. The fraction of sp³-hybridized carbons (Fsp3) is 0.182. The topological polar surface area (TPSA) is 58.4 Å². The number of amides is 2. The third kappa shape index (κ3) is 4.14. The maximum atomic E-state index is 13.1. The lowest BCUT2D eigenvalue weighted by molar-refractivity contribution is 0.252. The van der Waals surface area contributed by atoms with Gasteiger partial charge in [0, 0.05) is 28.0 Å². The van der Waals surface area contributed by atoms with Crippen LogP contribution in [0.15, 0.2) is 54.7 Å². The highest BCUT2D eigenvalue weighted by atomic mass is 32.1. The lowest BCUT2D eigenvalue weighted by Crippen LogP contribution is -2.28. The molecule has 148 valence electrons. The fourth-order valence-corrected chi connectivity index (χ4v) is 4.12.